The van der Waals surface area contributed by atoms with E-state index >= 15 is 0 Å². The molecular weight excluding hydrogens is 194 g/mol. The Kier molecular flexibility index (Phi) is 4.78. The zero-order valence-electron chi connectivity index (χ0n) is 9.40. The van der Waals surface area contributed by atoms with Crippen molar-refractivity contribution < 1.29 is 14.6 Å². The average Bonchev–Trinajstić information content (AvgIpc) is 2.30. The molecule has 0 bridgehead atoms. The summed E-state index contributed by atoms with van der Waals surface area (Å²) in [6.07, 6.45) is 2.29. The van der Waals surface area contributed by atoms with Crippen LogP contribution >= 0.6 is 0 Å². The van der Waals surface area contributed by atoms with Crippen molar-refractivity contribution in [2.75, 3.05) is 26.3 Å². The third-order valence-electron chi connectivity index (χ3n) is 2.54. The molecule has 0 saturated carbocycles. The lowest BCUT2D eigenvalue weighted by molar-refractivity contribution is -0.131. The van der Waals surface area contributed by atoms with Crippen LogP contribution in [0.15, 0.2) is 11.6 Å². The fourth-order valence-corrected chi connectivity index (χ4v) is 1.76. The van der Waals surface area contributed by atoms with E-state index in [9.17, 15) is 4.79 Å². The topological polar surface area (TPSA) is 49.8 Å². The number of hydrogen-bond donors (Lipinski definition) is 1. The van der Waals surface area contributed by atoms with Crippen molar-refractivity contribution in [3.05, 3.63) is 11.6 Å². The van der Waals surface area contributed by atoms with Gasteiger partial charge in [0.25, 0.3) is 0 Å². The second kappa shape index (κ2) is 5.88. The minimum atomic E-state index is -0.869. The van der Waals surface area contributed by atoms with Gasteiger partial charge in [0, 0.05) is 31.8 Å². The van der Waals surface area contributed by atoms with E-state index in [0.29, 0.717) is 6.04 Å². The second-order valence-corrected chi connectivity index (χ2v) is 4.08. The molecule has 1 aliphatic heterocycles. The van der Waals surface area contributed by atoms with Gasteiger partial charge in [-0.25, -0.2) is 4.79 Å². The Morgan fingerprint density at radius 2 is 2.40 bits per heavy atom. The van der Waals surface area contributed by atoms with Gasteiger partial charge in [-0.15, -0.1) is 0 Å². The number of hydrogen-bond acceptors (Lipinski definition) is 3. The van der Waals surface area contributed by atoms with Crippen LogP contribution in [-0.4, -0.2) is 48.3 Å². The summed E-state index contributed by atoms with van der Waals surface area (Å²) in [6.45, 7) is 7.21. The molecule has 15 heavy (non-hydrogen) atoms. The zero-order chi connectivity index (χ0) is 11.3. The number of carboxylic acid groups (broad SMARTS) is 1. The van der Waals surface area contributed by atoms with Crippen molar-refractivity contribution in [1.82, 2.24) is 4.90 Å². The van der Waals surface area contributed by atoms with E-state index in [4.69, 9.17) is 9.84 Å². The first-order valence-corrected chi connectivity index (χ1v) is 5.31. The molecular formula is C11H19NO3. The molecule has 0 amide bonds. The minimum absolute atomic E-state index is 0.365. The lowest BCUT2D eigenvalue weighted by Crippen LogP contribution is -2.36. The van der Waals surface area contributed by atoms with Crippen molar-refractivity contribution >= 4 is 5.97 Å². The first-order valence-electron chi connectivity index (χ1n) is 5.31. The summed E-state index contributed by atoms with van der Waals surface area (Å²) in [4.78, 5) is 12.7. The smallest absolute Gasteiger partial charge is 0.328 e. The Labute approximate surface area is 90.5 Å². The summed E-state index contributed by atoms with van der Waals surface area (Å²) in [5.41, 5.74) is 0.885. The molecule has 0 aromatic rings. The lowest BCUT2D eigenvalue weighted by atomic mass is 10.2. The van der Waals surface area contributed by atoms with Gasteiger partial charge in [-0.1, -0.05) is 5.57 Å². The Bertz CT molecular complexity index is 250. The molecule has 4 heteroatoms. The molecule has 0 spiro atoms. The van der Waals surface area contributed by atoms with Gasteiger partial charge in [-0.2, -0.15) is 0 Å². The summed E-state index contributed by atoms with van der Waals surface area (Å²) in [6, 6.07) is 0.365. The van der Waals surface area contributed by atoms with Crippen molar-refractivity contribution in [2.45, 2.75) is 26.3 Å². The molecule has 1 fully saturated rings. The summed E-state index contributed by atoms with van der Waals surface area (Å²) < 4.78 is 5.42. The quantitative estimate of drug-likeness (QED) is 0.714. The first-order chi connectivity index (χ1) is 7.09. The van der Waals surface area contributed by atoms with Gasteiger partial charge in [0.05, 0.1) is 6.61 Å². The van der Waals surface area contributed by atoms with Gasteiger partial charge in [0.1, 0.15) is 0 Å². The standard InChI is InChI=1S/C11H19NO3/c1-9(6-11(13)14)7-12-4-3-5-15-8-10(12)2/h6,10H,3-5,7-8H2,1-2H3,(H,13,14)/b9-6+. The maximum atomic E-state index is 10.5. The van der Waals surface area contributed by atoms with Crippen molar-refractivity contribution in [3.63, 3.8) is 0 Å². The predicted octanol–water partition coefficient (Wildman–Crippen LogP) is 1.13. The van der Waals surface area contributed by atoms with Gasteiger partial charge in [0.15, 0.2) is 0 Å². The average molecular weight is 213 g/mol. The summed E-state index contributed by atoms with van der Waals surface area (Å²) in [5, 5.41) is 8.62. The molecule has 1 heterocycles. The van der Waals surface area contributed by atoms with Gasteiger partial charge in [-0.05, 0) is 20.3 Å². The third kappa shape index (κ3) is 4.44. The fourth-order valence-electron chi connectivity index (χ4n) is 1.76. The number of ether oxygens (including phenoxy) is 1. The second-order valence-electron chi connectivity index (χ2n) is 4.08. The van der Waals surface area contributed by atoms with Crippen molar-refractivity contribution in [2.24, 2.45) is 0 Å². The predicted molar refractivity (Wildman–Crippen MR) is 57.9 cm³/mol. The molecule has 0 aromatic carbocycles. The molecule has 0 aliphatic carbocycles. The largest absolute Gasteiger partial charge is 0.478 e. The summed E-state index contributed by atoms with van der Waals surface area (Å²) in [7, 11) is 0. The van der Waals surface area contributed by atoms with Gasteiger partial charge < -0.3 is 9.84 Å². The van der Waals surface area contributed by atoms with E-state index in [0.717, 1.165) is 38.3 Å². The van der Waals surface area contributed by atoms with Gasteiger partial charge >= 0.3 is 5.97 Å². The molecule has 0 radical (unpaired) electrons. The van der Waals surface area contributed by atoms with E-state index in [1.807, 2.05) is 6.92 Å². The molecule has 1 rings (SSSR count). The van der Waals surface area contributed by atoms with Crippen LogP contribution in [-0.2, 0) is 9.53 Å². The molecule has 1 saturated heterocycles. The first kappa shape index (κ1) is 12.2. The highest BCUT2D eigenvalue weighted by atomic mass is 16.5. The van der Waals surface area contributed by atoms with E-state index in [2.05, 4.69) is 11.8 Å². The zero-order valence-corrected chi connectivity index (χ0v) is 9.40. The van der Waals surface area contributed by atoms with E-state index in [1.165, 1.54) is 6.08 Å². The van der Waals surface area contributed by atoms with E-state index in [-0.39, 0.29) is 0 Å². The molecule has 0 aromatic heterocycles. The number of nitrogens with zero attached hydrogens (tertiary/aromatic N) is 1. The number of aliphatic carboxylic acids is 1. The molecule has 1 atom stereocenters. The van der Waals surface area contributed by atoms with Crippen LogP contribution in [0, 0.1) is 0 Å². The van der Waals surface area contributed by atoms with Crippen LogP contribution in [0.4, 0.5) is 0 Å². The van der Waals surface area contributed by atoms with E-state index in [1.54, 1.807) is 0 Å². The van der Waals surface area contributed by atoms with Crippen LogP contribution in [0.25, 0.3) is 0 Å². The third-order valence-corrected chi connectivity index (χ3v) is 2.54. The summed E-state index contributed by atoms with van der Waals surface area (Å²) >= 11 is 0. The summed E-state index contributed by atoms with van der Waals surface area (Å²) in [5.74, 6) is -0.869. The van der Waals surface area contributed by atoms with Gasteiger partial charge in [0.2, 0.25) is 0 Å². The Morgan fingerprint density at radius 1 is 1.67 bits per heavy atom. The Hall–Kier alpha value is -0.870. The highest BCUT2D eigenvalue weighted by Crippen LogP contribution is 2.09. The Morgan fingerprint density at radius 3 is 3.07 bits per heavy atom. The SMILES string of the molecule is C/C(=C\C(=O)O)CN1CCCOCC1C. The number of carbonyl (C=O) groups is 1. The van der Waals surface area contributed by atoms with E-state index < -0.39 is 5.97 Å². The van der Waals surface area contributed by atoms with Crippen LogP contribution < -0.4 is 0 Å². The fraction of sp³-hybridized carbons (Fsp3) is 0.727. The number of rotatable bonds is 3. The number of carboxylic acids is 1. The molecule has 1 aliphatic rings. The van der Waals surface area contributed by atoms with Crippen LogP contribution in [0.1, 0.15) is 20.3 Å². The molecule has 4 nitrogen and oxygen atoms in total. The molecule has 1 unspecified atom stereocenters. The highest BCUT2D eigenvalue weighted by molar-refractivity contribution is 5.80. The molecule has 86 valence electrons. The maximum absolute atomic E-state index is 10.5. The van der Waals surface area contributed by atoms with Crippen LogP contribution in [0.2, 0.25) is 0 Å². The Balaban J connectivity index is 2.51. The lowest BCUT2D eigenvalue weighted by Gasteiger charge is -2.26. The normalized spacial score (nSPS) is 24.9. The monoisotopic (exact) mass is 213 g/mol. The minimum Gasteiger partial charge on any atom is -0.478 e. The highest BCUT2D eigenvalue weighted by Gasteiger charge is 2.17. The van der Waals surface area contributed by atoms with Gasteiger partial charge in [-0.3, -0.25) is 4.90 Å². The molecule has 1 N–H and O–H groups in total. The van der Waals surface area contributed by atoms with Crippen LogP contribution in [0.3, 0.4) is 0 Å². The maximum Gasteiger partial charge on any atom is 0.328 e. The van der Waals surface area contributed by atoms with Crippen LogP contribution in [0.5, 0.6) is 0 Å². The van der Waals surface area contributed by atoms with Crippen molar-refractivity contribution in [1.29, 1.82) is 0 Å². The van der Waals surface area contributed by atoms with Crippen molar-refractivity contribution in [3.8, 4) is 0 Å².